The summed E-state index contributed by atoms with van der Waals surface area (Å²) in [5, 5.41) is 0. The van der Waals surface area contributed by atoms with Crippen molar-refractivity contribution in [1.29, 1.82) is 0 Å². The molecule has 1 aromatic carbocycles. The van der Waals surface area contributed by atoms with Crippen LogP contribution in [0.25, 0.3) is 0 Å². The lowest BCUT2D eigenvalue weighted by molar-refractivity contribution is -0.125. The number of ketones is 1. The van der Waals surface area contributed by atoms with Crippen LogP contribution in [0.3, 0.4) is 0 Å². The van der Waals surface area contributed by atoms with Gasteiger partial charge in [-0.15, -0.1) is 0 Å². The van der Waals surface area contributed by atoms with Crippen molar-refractivity contribution in [3.63, 3.8) is 0 Å². The Labute approximate surface area is 115 Å². The molecule has 3 nitrogen and oxygen atoms in total. The van der Waals surface area contributed by atoms with Gasteiger partial charge in [-0.1, -0.05) is 12.1 Å². The number of nitrogens with zero attached hydrogens (tertiary/aromatic N) is 1. The lowest BCUT2D eigenvalue weighted by Crippen LogP contribution is -2.49. The van der Waals surface area contributed by atoms with Crippen LogP contribution in [0.1, 0.15) is 39.2 Å². The van der Waals surface area contributed by atoms with E-state index in [-0.39, 0.29) is 5.54 Å². The number of hydrogen-bond acceptors (Lipinski definition) is 3. The van der Waals surface area contributed by atoms with Gasteiger partial charge in [0.15, 0.2) is 0 Å². The predicted molar refractivity (Wildman–Crippen MR) is 76.3 cm³/mol. The molecule has 0 N–H and O–H groups in total. The van der Waals surface area contributed by atoms with Gasteiger partial charge < -0.3 is 4.74 Å². The zero-order valence-corrected chi connectivity index (χ0v) is 12.1. The molecule has 3 heteroatoms. The molecule has 0 aliphatic carbocycles. The minimum absolute atomic E-state index is 0.0338. The van der Waals surface area contributed by atoms with E-state index in [1.165, 1.54) is 5.56 Å². The Hall–Kier alpha value is -1.35. The Kier molecular flexibility index (Phi) is 4.25. The number of Topliss-reactive ketones (excluding diaryl/α,β-unsaturated/α-hetero) is 1. The largest absolute Gasteiger partial charge is 0.494 e. The van der Waals surface area contributed by atoms with Gasteiger partial charge in [0.2, 0.25) is 0 Å². The van der Waals surface area contributed by atoms with E-state index in [2.05, 4.69) is 30.9 Å². The average Bonchev–Trinajstić information content (AvgIpc) is 2.35. The summed E-state index contributed by atoms with van der Waals surface area (Å²) in [6.45, 7) is 8.74. The second-order valence-electron chi connectivity index (χ2n) is 5.78. The first-order chi connectivity index (χ1) is 9.01. The molecule has 1 heterocycles. The fraction of sp³-hybridized carbons (Fsp3) is 0.562. The van der Waals surface area contributed by atoms with Gasteiger partial charge in [0.25, 0.3) is 0 Å². The van der Waals surface area contributed by atoms with Crippen molar-refractivity contribution >= 4 is 5.78 Å². The normalized spacial score (nSPS) is 19.4. The molecular formula is C16H23NO2. The van der Waals surface area contributed by atoms with Crippen LogP contribution in [-0.2, 0) is 11.3 Å². The molecule has 1 aromatic rings. The Balaban J connectivity index is 2.02. The van der Waals surface area contributed by atoms with Gasteiger partial charge in [0.05, 0.1) is 6.61 Å². The number of benzene rings is 1. The summed E-state index contributed by atoms with van der Waals surface area (Å²) < 4.78 is 5.45. The SMILES string of the molecule is CCOc1ccc(CN2CCC(=O)CC2(C)C)cc1. The van der Waals surface area contributed by atoms with Crippen molar-refractivity contribution in [3.05, 3.63) is 29.8 Å². The van der Waals surface area contributed by atoms with Crippen LogP contribution in [-0.4, -0.2) is 29.4 Å². The number of rotatable bonds is 4. The molecule has 0 aromatic heterocycles. The first-order valence-electron chi connectivity index (χ1n) is 7.00. The van der Waals surface area contributed by atoms with E-state index in [0.717, 1.165) is 18.8 Å². The van der Waals surface area contributed by atoms with Crippen LogP contribution in [0.15, 0.2) is 24.3 Å². The fourth-order valence-corrected chi connectivity index (χ4v) is 2.62. The standard InChI is InChI=1S/C16H23NO2/c1-4-19-15-7-5-13(6-8-15)12-17-10-9-14(18)11-16(17,2)3/h5-8H,4,9-12H2,1-3H3. The van der Waals surface area contributed by atoms with Gasteiger partial charge in [-0.05, 0) is 38.5 Å². The monoisotopic (exact) mass is 261 g/mol. The van der Waals surface area contributed by atoms with Crippen LogP contribution in [0, 0.1) is 0 Å². The first kappa shape index (κ1) is 14.1. The minimum atomic E-state index is -0.0338. The summed E-state index contributed by atoms with van der Waals surface area (Å²) in [6, 6.07) is 8.25. The van der Waals surface area contributed by atoms with E-state index < -0.39 is 0 Å². The molecule has 104 valence electrons. The minimum Gasteiger partial charge on any atom is -0.494 e. The van der Waals surface area contributed by atoms with E-state index in [1.807, 2.05) is 19.1 Å². The van der Waals surface area contributed by atoms with Crippen LogP contribution in [0.4, 0.5) is 0 Å². The average molecular weight is 261 g/mol. The van der Waals surface area contributed by atoms with Gasteiger partial charge in [-0.25, -0.2) is 0 Å². The van der Waals surface area contributed by atoms with Gasteiger partial charge in [0.1, 0.15) is 11.5 Å². The summed E-state index contributed by atoms with van der Waals surface area (Å²) in [4.78, 5) is 13.9. The fourth-order valence-electron chi connectivity index (χ4n) is 2.62. The van der Waals surface area contributed by atoms with E-state index in [0.29, 0.717) is 25.2 Å². The maximum atomic E-state index is 11.6. The molecule has 0 unspecified atom stereocenters. The molecular weight excluding hydrogens is 238 g/mol. The number of piperidine rings is 1. The molecule has 0 atom stereocenters. The molecule has 0 bridgehead atoms. The Morgan fingerprint density at radius 1 is 1.26 bits per heavy atom. The van der Waals surface area contributed by atoms with E-state index in [9.17, 15) is 4.79 Å². The van der Waals surface area contributed by atoms with Gasteiger partial charge in [-0.3, -0.25) is 9.69 Å². The summed E-state index contributed by atoms with van der Waals surface area (Å²) in [6.07, 6.45) is 1.34. The molecule has 1 saturated heterocycles. The van der Waals surface area contributed by atoms with Gasteiger partial charge in [0, 0.05) is 31.5 Å². The third kappa shape index (κ3) is 3.57. The van der Waals surface area contributed by atoms with E-state index in [1.54, 1.807) is 0 Å². The van der Waals surface area contributed by atoms with Crippen molar-refractivity contribution in [2.24, 2.45) is 0 Å². The molecule has 0 saturated carbocycles. The topological polar surface area (TPSA) is 29.5 Å². The predicted octanol–water partition coefficient (Wildman–Crippen LogP) is 3.03. The van der Waals surface area contributed by atoms with E-state index in [4.69, 9.17) is 4.74 Å². The second-order valence-corrected chi connectivity index (χ2v) is 5.78. The van der Waals surface area contributed by atoms with Crippen molar-refractivity contribution in [2.45, 2.75) is 45.7 Å². The highest BCUT2D eigenvalue weighted by atomic mass is 16.5. The van der Waals surface area contributed by atoms with Gasteiger partial charge >= 0.3 is 0 Å². The maximum Gasteiger partial charge on any atom is 0.136 e. The van der Waals surface area contributed by atoms with Crippen molar-refractivity contribution in [2.75, 3.05) is 13.2 Å². The third-order valence-corrected chi connectivity index (χ3v) is 3.75. The Bertz CT molecular complexity index is 437. The zero-order chi connectivity index (χ0) is 13.9. The quantitative estimate of drug-likeness (QED) is 0.834. The van der Waals surface area contributed by atoms with Crippen LogP contribution < -0.4 is 4.74 Å². The summed E-state index contributed by atoms with van der Waals surface area (Å²) in [5.74, 6) is 1.30. The molecule has 0 spiro atoms. The number of carbonyl (C=O) groups is 1. The van der Waals surface area contributed by atoms with Crippen LogP contribution in [0.5, 0.6) is 5.75 Å². The number of carbonyl (C=O) groups excluding carboxylic acids is 1. The molecule has 1 aliphatic heterocycles. The van der Waals surface area contributed by atoms with Crippen LogP contribution in [0.2, 0.25) is 0 Å². The highest BCUT2D eigenvalue weighted by molar-refractivity contribution is 5.80. The summed E-state index contributed by atoms with van der Waals surface area (Å²) in [7, 11) is 0. The first-order valence-corrected chi connectivity index (χ1v) is 7.00. The van der Waals surface area contributed by atoms with Crippen molar-refractivity contribution in [1.82, 2.24) is 4.90 Å². The molecule has 19 heavy (non-hydrogen) atoms. The zero-order valence-electron chi connectivity index (χ0n) is 12.1. The highest BCUT2D eigenvalue weighted by Gasteiger charge is 2.33. The highest BCUT2D eigenvalue weighted by Crippen LogP contribution is 2.27. The second kappa shape index (κ2) is 5.74. The molecule has 1 fully saturated rings. The maximum absolute atomic E-state index is 11.6. The Morgan fingerprint density at radius 2 is 1.95 bits per heavy atom. The van der Waals surface area contributed by atoms with Crippen molar-refractivity contribution < 1.29 is 9.53 Å². The summed E-state index contributed by atoms with van der Waals surface area (Å²) in [5.41, 5.74) is 1.24. The molecule has 1 aliphatic rings. The molecule has 0 radical (unpaired) electrons. The molecule has 2 rings (SSSR count). The third-order valence-electron chi connectivity index (χ3n) is 3.75. The van der Waals surface area contributed by atoms with E-state index >= 15 is 0 Å². The lowest BCUT2D eigenvalue weighted by Gasteiger charge is -2.41. The van der Waals surface area contributed by atoms with Crippen molar-refractivity contribution in [3.8, 4) is 5.75 Å². The summed E-state index contributed by atoms with van der Waals surface area (Å²) >= 11 is 0. The lowest BCUT2D eigenvalue weighted by atomic mass is 9.89. The van der Waals surface area contributed by atoms with Gasteiger partial charge in [-0.2, -0.15) is 0 Å². The number of likely N-dealkylation sites (tertiary alicyclic amines) is 1. The number of ether oxygens (including phenoxy) is 1. The smallest absolute Gasteiger partial charge is 0.136 e. The number of hydrogen-bond donors (Lipinski definition) is 0. The Morgan fingerprint density at radius 3 is 2.53 bits per heavy atom. The molecule has 0 amide bonds. The van der Waals surface area contributed by atoms with Crippen LogP contribution >= 0.6 is 0 Å².